The zero-order valence-electron chi connectivity index (χ0n) is 16.9. The third kappa shape index (κ3) is 5.48. The molecule has 0 aliphatic rings. The smallest absolute Gasteiger partial charge is 0.203 e. The van der Waals surface area contributed by atoms with E-state index in [0.717, 1.165) is 22.4 Å². The fourth-order valence-corrected chi connectivity index (χ4v) is 4.94. The number of aryl methyl sites for hydroxylation is 2. The number of nitrogens with zero attached hydrogens (tertiary/aromatic N) is 2. The van der Waals surface area contributed by atoms with Crippen molar-refractivity contribution in [2.45, 2.75) is 24.1 Å². The van der Waals surface area contributed by atoms with E-state index >= 15 is 0 Å². The van der Waals surface area contributed by atoms with Crippen molar-refractivity contribution in [2.75, 3.05) is 5.01 Å². The Labute approximate surface area is 183 Å². The lowest BCUT2D eigenvalue weighted by atomic mass is 10.1. The summed E-state index contributed by atoms with van der Waals surface area (Å²) in [4.78, 5) is 0.685. The van der Waals surface area contributed by atoms with Gasteiger partial charge in [0.2, 0.25) is 5.17 Å². The number of hydrogen-bond acceptors (Lipinski definition) is 5. The molecule has 2 atom stereocenters. The maximum Gasteiger partial charge on any atom is 0.203 e. The van der Waals surface area contributed by atoms with Crippen LogP contribution in [0.3, 0.4) is 0 Å². The maximum absolute atomic E-state index is 12.9. The Morgan fingerprint density at radius 1 is 1.03 bits per heavy atom. The first-order valence-corrected chi connectivity index (χ1v) is 11.4. The molecule has 30 heavy (non-hydrogen) atoms. The number of rotatable bonds is 6. The minimum atomic E-state index is -1.42. The molecule has 2 unspecified atom stereocenters. The highest BCUT2D eigenvalue weighted by molar-refractivity contribution is 8.14. The second-order valence-corrected chi connectivity index (χ2v) is 9.00. The van der Waals surface area contributed by atoms with Crippen LogP contribution < -0.4 is 21.4 Å². The number of nitrogens with two attached hydrogens (primary N) is 2. The summed E-state index contributed by atoms with van der Waals surface area (Å²) >= 11 is 1.31. The van der Waals surface area contributed by atoms with Crippen LogP contribution in [0.1, 0.15) is 22.1 Å². The van der Waals surface area contributed by atoms with Gasteiger partial charge in [-0.1, -0.05) is 72.4 Å². The third-order valence-corrected chi connectivity index (χ3v) is 6.88. The quantitative estimate of drug-likeness (QED) is 0.178. The van der Waals surface area contributed by atoms with Gasteiger partial charge in [0.15, 0.2) is 0 Å². The Bertz CT molecular complexity index is 1030. The molecule has 0 aromatic heterocycles. The monoisotopic (exact) mass is 439 g/mol. The third-order valence-electron chi connectivity index (χ3n) is 4.44. The molecular weight excluding hydrogens is 414 g/mol. The first kappa shape index (κ1) is 22.0. The summed E-state index contributed by atoms with van der Waals surface area (Å²) in [6.07, 6.45) is 0. The van der Waals surface area contributed by atoms with Crippen LogP contribution in [-0.4, -0.2) is 9.38 Å². The molecule has 0 bridgehead atoms. The van der Waals surface area contributed by atoms with Crippen molar-refractivity contribution < 1.29 is 4.21 Å². The zero-order valence-corrected chi connectivity index (χ0v) is 18.5. The average molecular weight is 440 g/mol. The summed E-state index contributed by atoms with van der Waals surface area (Å²) in [6, 6.07) is 25.0. The molecule has 0 aliphatic carbocycles. The van der Waals surface area contributed by atoms with Crippen LogP contribution in [0.15, 0.2) is 88.9 Å². The van der Waals surface area contributed by atoms with Crippen molar-refractivity contribution in [2.24, 2.45) is 16.8 Å². The molecule has 3 rings (SSSR count). The molecule has 0 fully saturated rings. The number of benzene rings is 3. The van der Waals surface area contributed by atoms with Gasteiger partial charge < -0.3 is 5.84 Å². The van der Waals surface area contributed by atoms with E-state index in [-0.39, 0.29) is 5.37 Å². The van der Waals surface area contributed by atoms with Crippen LogP contribution in [0.5, 0.6) is 0 Å². The van der Waals surface area contributed by atoms with Crippen molar-refractivity contribution in [1.29, 1.82) is 0 Å². The molecule has 8 heteroatoms. The largest absolute Gasteiger partial charge is 0.321 e. The lowest BCUT2D eigenvalue weighted by Crippen LogP contribution is -2.38. The Morgan fingerprint density at radius 3 is 2.30 bits per heavy atom. The average Bonchev–Trinajstić information content (AvgIpc) is 2.78. The molecule has 5 N–H and O–H groups in total. The Kier molecular flexibility index (Phi) is 7.64. The number of hydrazone groups is 1. The molecule has 0 aliphatic heterocycles. The molecule has 0 heterocycles. The summed E-state index contributed by atoms with van der Waals surface area (Å²) in [5.41, 5.74) is 3.82. The lowest BCUT2D eigenvalue weighted by molar-refractivity contribution is 0.670. The minimum absolute atomic E-state index is 0.384. The molecule has 156 valence electrons. The van der Waals surface area contributed by atoms with Gasteiger partial charge in [0, 0.05) is 0 Å². The summed E-state index contributed by atoms with van der Waals surface area (Å²) in [7, 11) is -1.42. The zero-order chi connectivity index (χ0) is 21.5. The Hall–Kier alpha value is -2.65. The fraction of sp³-hybridized carbons (Fsp3) is 0.136. The predicted molar refractivity (Wildman–Crippen MR) is 127 cm³/mol. The summed E-state index contributed by atoms with van der Waals surface area (Å²) < 4.78 is 16.1. The molecule has 3 aromatic carbocycles. The fourth-order valence-electron chi connectivity index (χ4n) is 2.83. The van der Waals surface area contributed by atoms with Gasteiger partial charge in [-0.25, -0.2) is 14.8 Å². The number of nitrogens with one attached hydrogen (secondary N) is 1. The van der Waals surface area contributed by atoms with E-state index in [1.807, 2.05) is 92.7 Å². The molecule has 0 amide bonds. The van der Waals surface area contributed by atoms with Gasteiger partial charge in [0.25, 0.3) is 0 Å². The minimum Gasteiger partial charge on any atom is -0.321 e. The highest BCUT2D eigenvalue weighted by Gasteiger charge is 2.22. The van der Waals surface area contributed by atoms with Crippen molar-refractivity contribution in [3.05, 3.63) is 95.6 Å². The van der Waals surface area contributed by atoms with Crippen molar-refractivity contribution in [3.63, 3.8) is 0 Å². The predicted octanol–water partition coefficient (Wildman–Crippen LogP) is 3.96. The first-order valence-electron chi connectivity index (χ1n) is 9.34. The van der Waals surface area contributed by atoms with E-state index < -0.39 is 11.0 Å². The van der Waals surface area contributed by atoms with E-state index in [1.165, 1.54) is 16.8 Å². The van der Waals surface area contributed by atoms with Crippen molar-refractivity contribution in [3.8, 4) is 0 Å². The van der Waals surface area contributed by atoms with Gasteiger partial charge in [-0.3, -0.25) is 5.01 Å². The number of hydrogen-bond donors (Lipinski definition) is 3. The van der Waals surface area contributed by atoms with Gasteiger partial charge in [-0.15, -0.1) is 0 Å². The number of hydrazine groups is 1. The molecule has 0 saturated carbocycles. The van der Waals surface area contributed by atoms with E-state index in [2.05, 4.69) is 9.82 Å². The lowest BCUT2D eigenvalue weighted by Gasteiger charge is -2.25. The molecule has 0 saturated heterocycles. The SMILES string of the molecule is Cc1ccc(C)c(N(N)/C(=N\N)SC(NS(=O)c2ccccc2)c2ccccc2)c1. The summed E-state index contributed by atoms with van der Waals surface area (Å²) in [6.45, 7) is 3.98. The van der Waals surface area contributed by atoms with Crippen LogP contribution >= 0.6 is 11.8 Å². The van der Waals surface area contributed by atoms with Gasteiger partial charge >= 0.3 is 0 Å². The van der Waals surface area contributed by atoms with Crippen LogP contribution in [-0.2, 0) is 11.0 Å². The van der Waals surface area contributed by atoms with E-state index in [9.17, 15) is 4.21 Å². The van der Waals surface area contributed by atoms with Crippen LogP contribution in [0, 0.1) is 13.8 Å². The van der Waals surface area contributed by atoms with Gasteiger partial charge in [-0.05, 0) is 48.7 Å². The molecular formula is C22H25N5OS2. The highest BCUT2D eigenvalue weighted by Crippen LogP contribution is 2.31. The number of amidine groups is 1. The molecule has 6 nitrogen and oxygen atoms in total. The second kappa shape index (κ2) is 10.4. The normalized spacial score (nSPS) is 13.6. The first-order chi connectivity index (χ1) is 14.5. The van der Waals surface area contributed by atoms with Gasteiger partial charge in [0.1, 0.15) is 11.0 Å². The van der Waals surface area contributed by atoms with Crippen molar-refractivity contribution >= 4 is 33.6 Å². The Morgan fingerprint density at radius 2 is 1.67 bits per heavy atom. The standard InChI is InChI=1S/C22H25N5OS2/c1-16-13-14-17(2)20(15-16)27(24)22(25-23)29-21(18-9-5-3-6-10-18)26-30(28)19-11-7-4-8-12-19/h3-15,21,26H,23-24H2,1-2H3/b25-22+. The van der Waals surface area contributed by atoms with E-state index in [4.69, 9.17) is 11.7 Å². The van der Waals surface area contributed by atoms with Crippen LogP contribution in [0.25, 0.3) is 0 Å². The topological polar surface area (TPSA) is 96.7 Å². The summed E-state index contributed by atoms with van der Waals surface area (Å²) in [5, 5.41) is 5.41. The molecule has 3 aromatic rings. The number of anilines is 1. The van der Waals surface area contributed by atoms with Crippen LogP contribution in [0.2, 0.25) is 0 Å². The molecule has 0 radical (unpaired) electrons. The van der Waals surface area contributed by atoms with Crippen LogP contribution in [0.4, 0.5) is 5.69 Å². The summed E-state index contributed by atoms with van der Waals surface area (Å²) in [5.74, 6) is 12.1. The Balaban J connectivity index is 1.87. The number of thioether (sulfide) groups is 1. The van der Waals surface area contributed by atoms with E-state index in [0.29, 0.717) is 10.1 Å². The van der Waals surface area contributed by atoms with Gasteiger partial charge in [0.05, 0.1) is 16.0 Å². The second-order valence-electron chi connectivity index (χ2n) is 6.68. The molecule has 0 spiro atoms. The van der Waals surface area contributed by atoms with E-state index in [1.54, 1.807) is 0 Å². The maximum atomic E-state index is 12.9. The highest BCUT2D eigenvalue weighted by atomic mass is 32.2. The van der Waals surface area contributed by atoms with Crippen molar-refractivity contribution in [1.82, 2.24) is 4.72 Å². The van der Waals surface area contributed by atoms with Gasteiger partial charge in [-0.2, -0.15) is 5.10 Å².